The van der Waals surface area contributed by atoms with Crippen molar-refractivity contribution >= 4 is 11.6 Å². The summed E-state index contributed by atoms with van der Waals surface area (Å²) in [6, 6.07) is 9.57. The standard InChI is InChI=1S/C17H20ClNO3/c1-20-17-6-4-12(9-15(17)18)16-7-5-14(22-16)11-19-10-13-3-2-8-21-13/h4-7,9,13,19H,2-3,8,10-11H2,1H3. The highest BCUT2D eigenvalue weighted by atomic mass is 35.5. The zero-order chi connectivity index (χ0) is 15.4. The molecule has 1 atom stereocenters. The Morgan fingerprint density at radius 2 is 2.23 bits per heavy atom. The molecule has 1 aliphatic rings. The number of hydrogen-bond donors (Lipinski definition) is 1. The molecule has 1 aromatic heterocycles. The maximum atomic E-state index is 6.15. The first kappa shape index (κ1) is 15.4. The molecule has 0 bridgehead atoms. The van der Waals surface area contributed by atoms with Crippen molar-refractivity contribution < 1.29 is 13.9 Å². The van der Waals surface area contributed by atoms with E-state index in [1.165, 1.54) is 0 Å². The first-order valence-electron chi connectivity index (χ1n) is 7.51. The quantitative estimate of drug-likeness (QED) is 0.877. The van der Waals surface area contributed by atoms with Gasteiger partial charge in [0.25, 0.3) is 0 Å². The number of hydrogen-bond acceptors (Lipinski definition) is 4. The molecule has 1 saturated heterocycles. The van der Waals surface area contributed by atoms with Crippen molar-refractivity contribution in [2.75, 3.05) is 20.3 Å². The molecule has 5 heteroatoms. The van der Waals surface area contributed by atoms with Gasteiger partial charge in [0.05, 0.1) is 24.8 Å². The lowest BCUT2D eigenvalue weighted by Gasteiger charge is -2.09. The highest BCUT2D eigenvalue weighted by Gasteiger charge is 2.15. The summed E-state index contributed by atoms with van der Waals surface area (Å²) in [4.78, 5) is 0. The van der Waals surface area contributed by atoms with E-state index in [1.807, 2.05) is 30.3 Å². The summed E-state index contributed by atoms with van der Waals surface area (Å²) in [5.41, 5.74) is 0.941. The summed E-state index contributed by atoms with van der Waals surface area (Å²) in [7, 11) is 1.60. The van der Waals surface area contributed by atoms with Gasteiger partial charge in [-0.2, -0.15) is 0 Å². The fourth-order valence-electron chi connectivity index (χ4n) is 2.61. The second kappa shape index (κ2) is 7.18. The van der Waals surface area contributed by atoms with Gasteiger partial charge in [0.2, 0.25) is 0 Å². The molecule has 0 spiro atoms. The number of methoxy groups -OCH3 is 1. The Balaban J connectivity index is 1.59. The zero-order valence-electron chi connectivity index (χ0n) is 12.6. The summed E-state index contributed by atoms with van der Waals surface area (Å²) in [6.45, 7) is 2.45. The minimum Gasteiger partial charge on any atom is -0.495 e. The molecule has 4 nitrogen and oxygen atoms in total. The molecule has 1 aliphatic heterocycles. The summed E-state index contributed by atoms with van der Waals surface area (Å²) in [5.74, 6) is 2.37. The topological polar surface area (TPSA) is 43.6 Å². The van der Waals surface area contributed by atoms with Crippen molar-refractivity contribution in [3.8, 4) is 17.1 Å². The Labute approximate surface area is 135 Å². The lowest BCUT2D eigenvalue weighted by Crippen LogP contribution is -2.25. The van der Waals surface area contributed by atoms with E-state index in [0.717, 1.165) is 43.1 Å². The van der Waals surface area contributed by atoms with Gasteiger partial charge in [-0.15, -0.1) is 0 Å². The molecule has 1 fully saturated rings. The minimum atomic E-state index is 0.342. The zero-order valence-corrected chi connectivity index (χ0v) is 13.4. The van der Waals surface area contributed by atoms with Crippen molar-refractivity contribution in [1.82, 2.24) is 5.32 Å². The fraction of sp³-hybridized carbons (Fsp3) is 0.412. The summed E-state index contributed by atoms with van der Waals surface area (Å²) < 4.78 is 16.6. The lowest BCUT2D eigenvalue weighted by atomic mass is 10.2. The Morgan fingerprint density at radius 3 is 2.95 bits per heavy atom. The molecule has 1 unspecified atom stereocenters. The third-order valence-electron chi connectivity index (χ3n) is 3.79. The highest BCUT2D eigenvalue weighted by Crippen LogP contribution is 2.31. The van der Waals surface area contributed by atoms with Gasteiger partial charge in [-0.05, 0) is 43.2 Å². The third kappa shape index (κ3) is 3.64. The predicted octanol–water partition coefficient (Wildman–Crippen LogP) is 3.88. The van der Waals surface area contributed by atoms with Gasteiger partial charge in [-0.25, -0.2) is 0 Å². The van der Waals surface area contributed by atoms with Crippen molar-refractivity contribution in [2.45, 2.75) is 25.5 Å². The Hall–Kier alpha value is -1.49. The number of furan rings is 1. The molecule has 1 N–H and O–H groups in total. The van der Waals surface area contributed by atoms with Crippen LogP contribution in [0, 0.1) is 0 Å². The van der Waals surface area contributed by atoms with Gasteiger partial charge >= 0.3 is 0 Å². The summed E-state index contributed by atoms with van der Waals surface area (Å²) in [5, 5.41) is 3.95. The Morgan fingerprint density at radius 1 is 1.32 bits per heavy atom. The molecule has 0 amide bonds. The molecule has 2 heterocycles. The van der Waals surface area contributed by atoms with Crippen LogP contribution in [0.4, 0.5) is 0 Å². The van der Waals surface area contributed by atoms with Crippen LogP contribution >= 0.6 is 11.6 Å². The van der Waals surface area contributed by atoms with Crippen LogP contribution < -0.4 is 10.1 Å². The van der Waals surface area contributed by atoms with E-state index in [4.69, 9.17) is 25.5 Å². The molecular weight excluding hydrogens is 302 g/mol. The van der Waals surface area contributed by atoms with Gasteiger partial charge < -0.3 is 19.2 Å². The molecule has 1 aromatic carbocycles. The fourth-order valence-corrected chi connectivity index (χ4v) is 2.87. The molecule has 0 saturated carbocycles. The van der Waals surface area contributed by atoms with Crippen LogP contribution in [0.5, 0.6) is 5.75 Å². The van der Waals surface area contributed by atoms with E-state index in [2.05, 4.69) is 5.32 Å². The van der Waals surface area contributed by atoms with E-state index in [-0.39, 0.29) is 0 Å². The van der Waals surface area contributed by atoms with Gasteiger partial charge in [-0.1, -0.05) is 11.6 Å². The Bertz CT molecular complexity index is 620. The molecule has 3 rings (SSSR count). The average molecular weight is 322 g/mol. The van der Waals surface area contributed by atoms with Crippen LogP contribution in [0.15, 0.2) is 34.7 Å². The average Bonchev–Trinajstić information content (AvgIpc) is 3.19. The highest BCUT2D eigenvalue weighted by molar-refractivity contribution is 6.32. The number of nitrogens with one attached hydrogen (secondary N) is 1. The normalized spacial score (nSPS) is 17.8. The van der Waals surface area contributed by atoms with Crippen LogP contribution in [0.3, 0.4) is 0 Å². The smallest absolute Gasteiger partial charge is 0.137 e. The van der Waals surface area contributed by atoms with E-state index in [9.17, 15) is 0 Å². The SMILES string of the molecule is COc1ccc(-c2ccc(CNCC3CCCO3)o2)cc1Cl. The van der Waals surface area contributed by atoms with Gasteiger partial charge in [0, 0.05) is 18.7 Å². The van der Waals surface area contributed by atoms with Crippen molar-refractivity contribution in [3.63, 3.8) is 0 Å². The Kier molecular flexibility index (Phi) is 5.03. The molecule has 0 radical (unpaired) electrons. The molecule has 118 valence electrons. The maximum absolute atomic E-state index is 6.15. The van der Waals surface area contributed by atoms with E-state index in [0.29, 0.717) is 23.4 Å². The van der Waals surface area contributed by atoms with Crippen molar-refractivity contribution in [2.24, 2.45) is 0 Å². The number of rotatable bonds is 6. The lowest BCUT2D eigenvalue weighted by molar-refractivity contribution is 0.109. The molecule has 2 aromatic rings. The van der Waals surface area contributed by atoms with Gasteiger partial charge in [0.1, 0.15) is 17.3 Å². The number of benzene rings is 1. The monoisotopic (exact) mass is 321 g/mol. The predicted molar refractivity (Wildman–Crippen MR) is 86.4 cm³/mol. The van der Waals surface area contributed by atoms with E-state index >= 15 is 0 Å². The minimum absolute atomic E-state index is 0.342. The first-order valence-corrected chi connectivity index (χ1v) is 7.89. The maximum Gasteiger partial charge on any atom is 0.137 e. The largest absolute Gasteiger partial charge is 0.495 e. The van der Waals surface area contributed by atoms with Gasteiger partial charge in [-0.3, -0.25) is 0 Å². The van der Waals surface area contributed by atoms with Crippen molar-refractivity contribution in [1.29, 1.82) is 0 Å². The first-order chi connectivity index (χ1) is 10.8. The molecular formula is C17H20ClNO3. The molecule has 22 heavy (non-hydrogen) atoms. The second-order valence-electron chi connectivity index (χ2n) is 5.38. The molecule has 0 aliphatic carbocycles. The van der Waals surface area contributed by atoms with Gasteiger partial charge in [0.15, 0.2) is 0 Å². The van der Waals surface area contributed by atoms with Crippen LogP contribution in [0.2, 0.25) is 5.02 Å². The number of ether oxygens (including phenoxy) is 2. The van der Waals surface area contributed by atoms with Crippen LogP contribution in [-0.4, -0.2) is 26.4 Å². The van der Waals surface area contributed by atoms with E-state index < -0.39 is 0 Å². The summed E-state index contributed by atoms with van der Waals surface area (Å²) in [6.07, 6.45) is 2.64. The summed E-state index contributed by atoms with van der Waals surface area (Å²) >= 11 is 6.15. The van der Waals surface area contributed by atoms with Crippen LogP contribution in [-0.2, 0) is 11.3 Å². The third-order valence-corrected chi connectivity index (χ3v) is 4.09. The second-order valence-corrected chi connectivity index (χ2v) is 5.79. The van der Waals surface area contributed by atoms with E-state index in [1.54, 1.807) is 7.11 Å². The van der Waals surface area contributed by atoms with Crippen molar-refractivity contribution in [3.05, 3.63) is 41.1 Å². The number of halogens is 1. The van der Waals surface area contributed by atoms with Crippen LogP contribution in [0.25, 0.3) is 11.3 Å². The van der Waals surface area contributed by atoms with Crippen LogP contribution in [0.1, 0.15) is 18.6 Å².